The molecule has 0 aliphatic rings. The molecular weight excluding hydrogens is 260 g/mol. The van der Waals surface area contributed by atoms with Gasteiger partial charge in [0.2, 0.25) is 11.9 Å². The molecule has 1 aromatic rings. The molecule has 0 atom stereocenters. The fourth-order valence-electron chi connectivity index (χ4n) is 1.53. The highest BCUT2D eigenvalue weighted by Crippen LogP contribution is 2.07. The summed E-state index contributed by atoms with van der Waals surface area (Å²) >= 11 is 0. The number of ether oxygens (including phenoxy) is 1. The van der Waals surface area contributed by atoms with E-state index in [4.69, 9.17) is 10.5 Å². The van der Waals surface area contributed by atoms with E-state index >= 15 is 0 Å². The monoisotopic (exact) mass is 282 g/mol. The van der Waals surface area contributed by atoms with E-state index in [9.17, 15) is 4.79 Å². The van der Waals surface area contributed by atoms with Crippen molar-refractivity contribution in [2.45, 2.75) is 19.9 Å². The van der Waals surface area contributed by atoms with Gasteiger partial charge in [-0.1, -0.05) is 0 Å². The van der Waals surface area contributed by atoms with Gasteiger partial charge in [-0.3, -0.25) is 9.69 Å². The predicted octanol–water partition coefficient (Wildman–Crippen LogP) is -0.0952. The molecule has 0 aliphatic carbocycles. The third-order valence-corrected chi connectivity index (χ3v) is 2.50. The van der Waals surface area contributed by atoms with Crippen molar-refractivity contribution < 1.29 is 9.53 Å². The van der Waals surface area contributed by atoms with Gasteiger partial charge in [0, 0.05) is 20.6 Å². The van der Waals surface area contributed by atoms with Gasteiger partial charge in [0.15, 0.2) is 0 Å². The second kappa shape index (κ2) is 7.59. The summed E-state index contributed by atoms with van der Waals surface area (Å²) in [5, 5.41) is 0. The molecule has 8 heteroatoms. The lowest BCUT2D eigenvalue weighted by molar-refractivity contribution is -0.143. The van der Waals surface area contributed by atoms with E-state index in [2.05, 4.69) is 15.0 Å². The maximum atomic E-state index is 11.3. The number of rotatable bonds is 7. The summed E-state index contributed by atoms with van der Waals surface area (Å²) in [5.41, 5.74) is 5.65. The normalized spacial score (nSPS) is 10.7. The molecule has 8 nitrogen and oxygen atoms in total. The third kappa shape index (κ3) is 5.35. The second-order valence-corrected chi connectivity index (χ2v) is 4.60. The number of nitrogens with zero attached hydrogens (tertiary/aromatic N) is 5. The van der Waals surface area contributed by atoms with Gasteiger partial charge in [-0.25, -0.2) is 0 Å². The molecule has 112 valence electrons. The van der Waals surface area contributed by atoms with E-state index in [1.165, 1.54) is 0 Å². The van der Waals surface area contributed by atoms with Crippen molar-refractivity contribution in [2.24, 2.45) is 0 Å². The van der Waals surface area contributed by atoms with Crippen LogP contribution in [-0.4, -0.2) is 60.1 Å². The average molecular weight is 282 g/mol. The Labute approximate surface area is 119 Å². The van der Waals surface area contributed by atoms with E-state index < -0.39 is 0 Å². The predicted molar refractivity (Wildman–Crippen MR) is 76.2 cm³/mol. The summed E-state index contributed by atoms with van der Waals surface area (Å²) in [6.07, 6.45) is 0.339. The molecule has 0 fully saturated rings. The molecule has 0 spiro atoms. The lowest BCUT2D eigenvalue weighted by Gasteiger charge is -2.16. The number of hydrogen-bond donors (Lipinski definition) is 1. The van der Waals surface area contributed by atoms with Gasteiger partial charge in [-0.05, 0) is 14.0 Å². The Kier molecular flexibility index (Phi) is 6.10. The third-order valence-electron chi connectivity index (χ3n) is 2.50. The van der Waals surface area contributed by atoms with Crippen molar-refractivity contribution in [1.29, 1.82) is 0 Å². The van der Waals surface area contributed by atoms with Crippen LogP contribution in [-0.2, 0) is 16.1 Å². The number of aromatic nitrogens is 3. The number of esters is 1. The first-order valence-electron chi connectivity index (χ1n) is 6.44. The highest BCUT2D eigenvalue weighted by Gasteiger charge is 2.10. The first-order chi connectivity index (χ1) is 9.42. The first kappa shape index (κ1) is 16.1. The van der Waals surface area contributed by atoms with Crippen LogP contribution in [0.25, 0.3) is 0 Å². The lowest BCUT2D eigenvalue weighted by atomic mass is 10.4. The maximum Gasteiger partial charge on any atom is 0.307 e. The number of carbonyl (C=O) groups is 1. The highest BCUT2D eigenvalue weighted by atomic mass is 16.5. The molecule has 1 aromatic heterocycles. The molecule has 0 saturated carbocycles. The van der Waals surface area contributed by atoms with Crippen molar-refractivity contribution >= 4 is 17.9 Å². The SMILES string of the molecule is CCOC(=O)CCN(C)Cc1nc(N)nc(N(C)C)n1. The van der Waals surface area contributed by atoms with Gasteiger partial charge < -0.3 is 15.4 Å². The van der Waals surface area contributed by atoms with Crippen molar-refractivity contribution in [1.82, 2.24) is 19.9 Å². The molecule has 1 heterocycles. The molecule has 0 bridgehead atoms. The number of nitrogen functional groups attached to an aromatic ring is 1. The maximum absolute atomic E-state index is 11.3. The van der Waals surface area contributed by atoms with Crippen LogP contribution in [0.1, 0.15) is 19.2 Å². The van der Waals surface area contributed by atoms with Gasteiger partial charge in [0.25, 0.3) is 0 Å². The van der Waals surface area contributed by atoms with E-state index in [1.807, 2.05) is 26.0 Å². The van der Waals surface area contributed by atoms with Crippen LogP contribution in [0.5, 0.6) is 0 Å². The second-order valence-electron chi connectivity index (χ2n) is 4.60. The van der Waals surface area contributed by atoms with E-state index in [-0.39, 0.29) is 11.9 Å². The summed E-state index contributed by atoms with van der Waals surface area (Å²) in [6, 6.07) is 0. The molecule has 1 rings (SSSR count). The van der Waals surface area contributed by atoms with Gasteiger partial charge in [-0.2, -0.15) is 15.0 Å². The number of carbonyl (C=O) groups excluding carboxylic acids is 1. The molecule has 0 aromatic carbocycles. The van der Waals surface area contributed by atoms with E-state index in [0.717, 1.165) is 0 Å². The molecular formula is C12H22N6O2. The van der Waals surface area contributed by atoms with Crippen molar-refractivity contribution in [3.8, 4) is 0 Å². The minimum atomic E-state index is -0.205. The zero-order chi connectivity index (χ0) is 15.1. The van der Waals surface area contributed by atoms with Gasteiger partial charge >= 0.3 is 5.97 Å². The molecule has 20 heavy (non-hydrogen) atoms. The fraction of sp³-hybridized carbons (Fsp3) is 0.667. The van der Waals surface area contributed by atoms with Crippen LogP contribution in [0.2, 0.25) is 0 Å². The van der Waals surface area contributed by atoms with Crippen molar-refractivity contribution in [2.75, 3.05) is 44.9 Å². The molecule has 0 radical (unpaired) electrons. The van der Waals surface area contributed by atoms with Gasteiger partial charge in [0.05, 0.1) is 19.6 Å². The smallest absolute Gasteiger partial charge is 0.307 e. The fourth-order valence-corrected chi connectivity index (χ4v) is 1.53. The number of anilines is 2. The van der Waals surface area contributed by atoms with Crippen LogP contribution < -0.4 is 10.6 Å². The number of nitrogens with two attached hydrogens (primary N) is 1. The van der Waals surface area contributed by atoms with Crippen molar-refractivity contribution in [3.05, 3.63) is 5.82 Å². The summed E-state index contributed by atoms with van der Waals surface area (Å²) in [5.74, 6) is 1.08. The van der Waals surface area contributed by atoms with Crippen LogP contribution in [0.15, 0.2) is 0 Å². The largest absolute Gasteiger partial charge is 0.466 e. The highest BCUT2D eigenvalue weighted by molar-refractivity contribution is 5.69. The quantitative estimate of drug-likeness (QED) is 0.693. The molecule has 0 aliphatic heterocycles. The van der Waals surface area contributed by atoms with Gasteiger partial charge in [0.1, 0.15) is 5.82 Å². The minimum absolute atomic E-state index is 0.192. The Bertz CT molecular complexity index is 452. The van der Waals surface area contributed by atoms with Crippen LogP contribution >= 0.6 is 0 Å². The molecule has 2 N–H and O–H groups in total. The minimum Gasteiger partial charge on any atom is -0.466 e. The Balaban J connectivity index is 2.57. The summed E-state index contributed by atoms with van der Waals surface area (Å²) in [6.45, 7) is 3.26. The Morgan fingerprint density at radius 2 is 1.95 bits per heavy atom. The zero-order valence-electron chi connectivity index (χ0n) is 12.5. The summed E-state index contributed by atoms with van der Waals surface area (Å²) in [7, 11) is 5.56. The van der Waals surface area contributed by atoms with E-state index in [1.54, 1.807) is 11.8 Å². The summed E-state index contributed by atoms with van der Waals surface area (Å²) in [4.78, 5) is 27.4. The summed E-state index contributed by atoms with van der Waals surface area (Å²) < 4.78 is 4.88. The van der Waals surface area contributed by atoms with E-state index in [0.29, 0.717) is 37.9 Å². The van der Waals surface area contributed by atoms with Crippen LogP contribution in [0.3, 0.4) is 0 Å². The molecule has 0 unspecified atom stereocenters. The Hall–Kier alpha value is -1.96. The zero-order valence-corrected chi connectivity index (χ0v) is 12.5. The topological polar surface area (TPSA) is 97.5 Å². The molecule has 0 saturated heterocycles. The first-order valence-corrected chi connectivity index (χ1v) is 6.44. The Morgan fingerprint density at radius 3 is 2.55 bits per heavy atom. The Morgan fingerprint density at radius 1 is 1.25 bits per heavy atom. The standard InChI is InChI=1S/C12H22N6O2/c1-5-20-10(19)6-7-18(4)8-9-14-11(13)16-12(15-9)17(2)3/h5-8H2,1-4H3,(H2,13,14,15,16). The molecule has 0 amide bonds. The number of hydrogen-bond acceptors (Lipinski definition) is 8. The van der Waals surface area contributed by atoms with Crippen LogP contribution in [0, 0.1) is 0 Å². The van der Waals surface area contributed by atoms with Crippen molar-refractivity contribution in [3.63, 3.8) is 0 Å². The average Bonchev–Trinajstić information content (AvgIpc) is 2.36. The van der Waals surface area contributed by atoms with Crippen LogP contribution in [0.4, 0.5) is 11.9 Å². The van der Waals surface area contributed by atoms with Gasteiger partial charge in [-0.15, -0.1) is 0 Å². The lowest BCUT2D eigenvalue weighted by Crippen LogP contribution is -2.24.